The highest BCUT2D eigenvalue weighted by Crippen LogP contribution is 2.42. The lowest BCUT2D eigenvalue weighted by molar-refractivity contribution is -0.120. The molecule has 34 heavy (non-hydrogen) atoms. The van der Waals surface area contributed by atoms with Gasteiger partial charge in [0.05, 0.1) is 20.9 Å². The summed E-state index contributed by atoms with van der Waals surface area (Å²) in [6.45, 7) is 0. The van der Waals surface area contributed by atoms with Crippen molar-refractivity contribution >= 4 is 68.6 Å². The number of aromatic nitrogens is 1. The van der Waals surface area contributed by atoms with Gasteiger partial charge in [0.25, 0.3) is 11.8 Å². The Morgan fingerprint density at radius 3 is 2.24 bits per heavy atom. The van der Waals surface area contributed by atoms with Gasteiger partial charge < -0.3 is 5.32 Å². The number of thiophene rings is 2. The van der Waals surface area contributed by atoms with E-state index in [1.54, 1.807) is 58.7 Å². The number of imide groups is 1. The van der Waals surface area contributed by atoms with Crippen LogP contribution in [0.3, 0.4) is 0 Å². The van der Waals surface area contributed by atoms with Crippen LogP contribution >= 0.6 is 45.8 Å². The van der Waals surface area contributed by atoms with Crippen LogP contribution in [0.1, 0.15) is 27.1 Å². The SMILES string of the molecule is CSCC[C@@H](C(=O)Nc1nc(-c2cccs2)c(-c2cccs2)s1)N1C(=O)c2ccccc2C1=O. The standard InChI is InChI=1S/C24H19N3O3S4/c1-31-13-10-16(27-22(29)14-6-2-3-7-15(14)23(27)30)21(28)26-24-25-19(17-8-4-11-32-17)20(34-24)18-9-5-12-33-18/h2-9,11-12,16H,10,13H2,1H3,(H,25,26,28)/t16-/m0/s1. The molecule has 1 aliphatic heterocycles. The summed E-state index contributed by atoms with van der Waals surface area (Å²) in [4.78, 5) is 48.4. The van der Waals surface area contributed by atoms with Crippen molar-refractivity contribution in [1.82, 2.24) is 9.88 Å². The summed E-state index contributed by atoms with van der Waals surface area (Å²) in [6, 6.07) is 13.8. The second kappa shape index (κ2) is 9.83. The number of fused-ring (bicyclic) bond motifs is 1. The van der Waals surface area contributed by atoms with Crippen LogP contribution < -0.4 is 5.32 Å². The molecular weight excluding hydrogens is 507 g/mol. The van der Waals surface area contributed by atoms with E-state index in [0.29, 0.717) is 28.4 Å². The summed E-state index contributed by atoms with van der Waals surface area (Å²) in [5, 5.41) is 7.35. The number of thioether (sulfide) groups is 1. The third-order valence-electron chi connectivity index (χ3n) is 5.39. The van der Waals surface area contributed by atoms with Gasteiger partial charge in [-0.2, -0.15) is 11.8 Å². The Morgan fingerprint density at radius 2 is 1.65 bits per heavy atom. The summed E-state index contributed by atoms with van der Waals surface area (Å²) in [6.07, 6.45) is 2.29. The molecule has 0 saturated heterocycles. The fourth-order valence-corrected chi connectivity index (χ4v) is 6.90. The number of hydrogen-bond donors (Lipinski definition) is 1. The van der Waals surface area contributed by atoms with Crippen LogP contribution in [0, 0.1) is 0 Å². The predicted octanol–water partition coefficient (Wildman–Crippen LogP) is 5.96. The first kappa shape index (κ1) is 23.0. The lowest BCUT2D eigenvalue weighted by Gasteiger charge is -2.24. The maximum absolute atomic E-state index is 13.4. The van der Waals surface area contributed by atoms with Crippen LogP contribution in [0.2, 0.25) is 0 Å². The second-order valence-electron chi connectivity index (χ2n) is 7.46. The molecule has 5 rings (SSSR count). The van der Waals surface area contributed by atoms with Crippen molar-refractivity contribution in [3.05, 3.63) is 70.4 Å². The molecule has 3 aromatic heterocycles. The Labute approximate surface area is 212 Å². The first-order valence-corrected chi connectivity index (χ1v) is 14.4. The average Bonchev–Trinajstić information content (AvgIpc) is 3.63. The van der Waals surface area contributed by atoms with Crippen molar-refractivity contribution in [3.63, 3.8) is 0 Å². The van der Waals surface area contributed by atoms with Crippen LogP contribution in [0.4, 0.5) is 5.13 Å². The number of anilines is 1. The molecule has 6 nitrogen and oxygen atoms in total. The first-order chi connectivity index (χ1) is 16.6. The molecule has 4 heterocycles. The third kappa shape index (κ3) is 4.22. The lowest BCUT2D eigenvalue weighted by Crippen LogP contribution is -2.47. The fraction of sp³-hybridized carbons (Fsp3) is 0.167. The van der Waals surface area contributed by atoms with Crippen molar-refractivity contribution in [2.24, 2.45) is 0 Å². The molecule has 0 bridgehead atoms. The molecule has 0 saturated carbocycles. The molecule has 1 aliphatic rings. The molecule has 0 aliphatic carbocycles. The summed E-state index contributed by atoms with van der Waals surface area (Å²) < 4.78 is 0. The Morgan fingerprint density at radius 1 is 1.00 bits per heavy atom. The van der Waals surface area contributed by atoms with Gasteiger partial charge in [-0.3, -0.25) is 19.3 Å². The van der Waals surface area contributed by atoms with Gasteiger partial charge in [-0.05, 0) is 53.5 Å². The number of amides is 3. The number of thiazole rings is 1. The minimum Gasteiger partial charge on any atom is -0.300 e. The van der Waals surface area contributed by atoms with E-state index < -0.39 is 23.8 Å². The molecule has 0 spiro atoms. The Bertz CT molecular complexity index is 1260. The topological polar surface area (TPSA) is 79.4 Å². The molecule has 1 atom stereocenters. The van der Waals surface area contributed by atoms with E-state index in [2.05, 4.69) is 5.32 Å². The maximum atomic E-state index is 13.4. The van der Waals surface area contributed by atoms with E-state index in [1.165, 1.54) is 11.3 Å². The van der Waals surface area contributed by atoms with Gasteiger partial charge >= 0.3 is 0 Å². The normalized spacial score (nSPS) is 13.9. The zero-order valence-electron chi connectivity index (χ0n) is 18.0. The van der Waals surface area contributed by atoms with Crippen LogP contribution in [-0.4, -0.2) is 45.7 Å². The number of rotatable bonds is 8. The minimum atomic E-state index is -0.917. The van der Waals surface area contributed by atoms with Gasteiger partial charge in [-0.15, -0.1) is 22.7 Å². The summed E-state index contributed by atoms with van der Waals surface area (Å²) in [7, 11) is 0. The summed E-state index contributed by atoms with van der Waals surface area (Å²) in [5.41, 5.74) is 1.49. The van der Waals surface area contributed by atoms with Crippen LogP contribution in [0.5, 0.6) is 0 Å². The molecule has 1 aromatic carbocycles. The molecule has 10 heteroatoms. The fourth-order valence-electron chi connectivity index (χ4n) is 3.82. The zero-order chi connectivity index (χ0) is 23.7. The van der Waals surface area contributed by atoms with Crippen LogP contribution in [0.15, 0.2) is 59.3 Å². The highest BCUT2D eigenvalue weighted by molar-refractivity contribution is 7.98. The van der Waals surface area contributed by atoms with Gasteiger partial charge in [0, 0.05) is 4.88 Å². The molecule has 4 aromatic rings. The number of carbonyl (C=O) groups excluding carboxylic acids is 3. The predicted molar refractivity (Wildman–Crippen MR) is 141 cm³/mol. The zero-order valence-corrected chi connectivity index (χ0v) is 21.3. The Balaban J connectivity index is 1.45. The number of nitrogens with zero attached hydrogens (tertiary/aromatic N) is 2. The van der Waals surface area contributed by atoms with Crippen LogP contribution in [-0.2, 0) is 4.79 Å². The highest BCUT2D eigenvalue weighted by Gasteiger charge is 2.42. The first-order valence-electron chi connectivity index (χ1n) is 10.4. The van der Waals surface area contributed by atoms with E-state index in [-0.39, 0.29) is 0 Å². The minimum absolute atomic E-state index is 0.337. The van der Waals surface area contributed by atoms with Gasteiger partial charge in [0.2, 0.25) is 5.91 Å². The average molecular weight is 526 g/mol. The van der Waals surface area contributed by atoms with Crippen molar-refractivity contribution in [3.8, 4) is 20.3 Å². The number of benzene rings is 1. The Hall–Kier alpha value is -2.79. The van der Waals surface area contributed by atoms with E-state index >= 15 is 0 Å². The third-order valence-corrected chi connectivity index (χ3v) is 8.93. The lowest BCUT2D eigenvalue weighted by atomic mass is 10.1. The number of carbonyl (C=O) groups is 3. The Kier molecular flexibility index (Phi) is 6.64. The molecule has 3 amide bonds. The van der Waals surface area contributed by atoms with Gasteiger partial charge in [0.1, 0.15) is 11.7 Å². The van der Waals surface area contributed by atoms with Crippen molar-refractivity contribution < 1.29 is 14.4 Å². The van der Waals surface area contributed by atoms with Gasteiger partial charge in [-0.1, -0.05) is 35.6 Å². The van der Waals surface area contributed by atoms with Crippen molar-refractivity contribution in [2.45, 2.75) is 12.5 Å². The largest absolute Gasteiger partial charge is 0.300 e. The quantitative estimate of drug-likeness (QED) is 0.287. The number of hydrogen-bond acceptors (Lipinski definition) is 8. The summed E-state index contributed by atoms with van der Waals surface area (Å²) >= 11 is 6.16. The molecule has 1 N–H and O–H groups in total. The van der Waals surface area contributed by atoms with Crippen molar-refractivity contribution in [2.75, 3.05) is 17.3 Å². The van der Waals surface area contributed by atoms with Gasteiger partial charge in [-0.25, -0.2) is 4.98 Å². The maximum Gasteiger partial charge on any atom is 0.262 e. The van der Waals surface area contributed by atoms with Crippen molar-refractivity contribution in [1.29, 1.82) is 0 Å². The van der Waals surface area contributed by atoms with E-state index in [1.807, 2.05) is 41.3 Å². The molecular formula is C24H19N3O3S4. The van der Waals surface area contributed by atoms with E-state index in [4.69, 9.17) is 4.98 Å². The molecule has 0 radical (unpaired) electrons. The second-order valence-corrected chi connectivity index (χ2v) is 11.3. The summed E-state index contributed by atoms with van der Waals surface area (Å²) in [5.74, 6) is -0.642. The molecule has 172 valence electrons. The highest BCUT2D eigenvalue weighted by atomic mass is 32.2. The smallest absolute Gasteiger partial charge is 0.262 e. The van der Waals surface area contributed by atoms with E-state index in [9.17, 15) is 14.4 Å². The molecule has 0 fully saturated rings. The molecule has 0 unspecified atom stereocenters. The van der Waals surface area contributed by atoms with Crippen LogP contribution in [0.25, 0.3) is 20.3 Å². The monoisotopic (exact) mass is 525 g/mol. The van der Waals surface area contributed by atoms with Gasteiger partial charge in [0.15, 0.2) is 5.13 Å². The van der Waals surface area contributed by atoms with E-state index in [0.717, 1.165) is 25.2 Å². The number of nitrogens with one attached hydrogen (secondary N) is 1.